The Bertz CT molecular complexity index is 722. The molecule has 158 valence electrons. The molecule has 29 heavy (non-hydrogen) atoms. The van der Waals surface area contributed by atoms with Crippen molar-refractivity contribution in [3.8, 4) is 0 Å². The molecule has 2 aliphatic heterocycles. The van der Waals surface area contributed by atoms with Gasteiger partial charge in [0, 0.05) is 50.5 Å². The third-order valence-electron chi connectivity index (χ3n) is 5.84. The lowest BCUT2D eigenvalue weighted by Crippen LogP contribution is -2.54. The second-order valence-corrected chi connectivity index (χ2v) is 7.86. The predicted molar refractivity (Wildman–Crippen MR) is 111 cm³/mol. The molecule has 2 saturated heterocycles. The van der Waals surface area contributed by atoms with E-state index in [0.29, 0.717) is 17.8 Å². The van der Waals surface area contributed by atoms with Gasteiger partial charge in [0.2, 0.25) is 17.7 Å². The van der Waals surface area contributed by atoms with E-state index in [1.165, 1.54) is 6.42 Å². The standard InChI is InChI=1S/C21H31N5O3/c1-16(21(29)23-18-7-5-17(6-8-18)20(22)28)25-13-11-24(12-14-25)15-19(27)26-9-3-2-4-10-26/h5-8,16H,2-4,9-15H2,1H3,(H2,22,28)(H,23,29). The number of rotatable bonds is 6. The van der Waals surface area contributed by atoms with Gasteiger partial charge in [0.1, 0.15) is 0 Å². The fourth-order valence-electron chi connectivity index (χ4n) is 3.87. The van der Waals surface area contributed by atoms with Gasteiger partial charge in [-0.05, 0) is 50.5 Å². The Balaban J connectivity index is 1.44. The number of hydrogen-bond acceptors (Lipinski definition) is 5. The number of piperazine rings is 1. The molecule has 3 N–H and O–H groups in total. The Morgan fingerprint density at radius 3 is 2.17 bits per heavy atom. The molecule has 0 bridgehead atoms. The van der Waals surface area contributed by atoms with Crippen LogP contribution >= 0.6 is 0 Å². The van der Waals surface area contributed by atoms with E-state index in [2.05, 4.69) is 15.1 Å². The van der Waals surface area contributed by atoms with Crippen LogP contribution in [0.3, 0.4) is 0 Å². The van der Waals surface area contributed by atoms with Crippen molar-refractivity contribution in [2.75, 3.05) is 51.1 Å². The number of primary amides is 1. The van der Waals surface area contributed by atoms with Gasteiger partial charge >= 0.3 is 0 Å². The summed E-state index contributed by atoms with van der Waals surface area (Å²) >= 11 is 0. The van der Waals surface area contributed by atoms with Gasteiger partial charge in [-0.25, -0.2) is 0 Å². The van der Waals surface area contributed by atoms with Crippen LogP contribution in [0.25, 0.3) is 0 Å². The molecule has 1 aromatic rings. The second kappa shape index (κ2) is 9.84. The Hall–Kier alpha value is -2.45. The fourth-order valence-corrected chi connectivity index (χ4v) is 3.87. The van der Waals surface area contributed by atoms with Crippen LogP contribution in [0, 0.1) is 0 Å². The van der Waals surface area contributed by atoms with Crippen molar-refractivity contribution in [2.45, 2.75) is 32.2 Å². The quantitative estimate of drug-likeness (QED) is 0.733. The summed E-state index contributed by atoms with van der Waals surface area (Å²) in [5, 5.41) is 2.88. The maximum atomic E-state index is 12.6. The molecule has 8 heteroatoms. The second-order valence-electron chi connectivity index (χ2n) is 7.86. The lowest BCUT2D eigenvalue weighted by molar-refractivity contribution is -0.134. The highest BCUT2D eigenvalue weighted by Gasteiger charge is 2.27. The van der Waals surface area contributed by atoms with E-state index in [-0.39, 0.29) is 17.9 Å². The van der Waals surface area contributed by atoms with Crippen LogP contribution < -0.4 is 11.1 Å². The Morgan fingerprint density at radius 2 is 1.59 bits per heavy atom. The topological polar surface area (TPSA) is 99.0 Å². The molecular weight excluding hydrogens is 370 g/mol. The third-order valence-corrected chi connectivity index (χ3v) is 5.84. The van der Waals surface area contributed by atoms with Crippen molar-refractivity contribution >= 4 is 23.4 Å². The minimum atomic E-state index is -0.493. The number of nitrogens with zero attached hydrogens (tertiary/aromatic N) is 3. The summed E-state index contributed by atoms with van der Waals surface area (Å²) in [6, 6.07) is 6.27. The number of nitrogens with one attached hydrogen (secondary N) is 1. The summed E-state index contributed by atoms with van der Waals surface area (Å²) in [7, 11) is 0. The third kappa shape index (κ3) is 5.77. The SMILES string of the molecule is CC(C(=O)Nc1ccc(C(N)=O)cc1)N1CCN(CC(=O)N2CCCCC2)CC1. The van der Waals surface area contributed by atoms with Gasteiger partial charge in [-0.2, -0.15) is 0 Å². The normalized spacial score (nSPS) is 19.6. The van der Waals surface area contributed by atoms with Gasteiger partial charge in [0.15, 0.2) is 0 Å². The lowest BCUT2D eigenvalue weighted by Gasteiger charge is -2.38. The molecule has 8 nitrogen and oxygen atoms in total. The summed E-state index contributed by atoms with van der Waals surface area (Å²) in [5.74, 6) is -0.356. The molecule has 1 atom stereocenters. The van der Waals surface area contributed by atoms with Crippen LogP contribution in [0.1, 0.15) is 36.5 Å². The zero-order chi connectivity index (χ0) is 20.8. The molecule has 0 aromatic heterocycles. The Kier molecular flexibility index (Phi) is 7.22. The van der Waals surface area contributed by atoms with Crippen LogP contribution in [0.4, 0.5) is 5.69 Å². The minimum absolute atomic E-state index is 0.0883. The van der Waals surface area contributed by atoms with Crippen molar-refractivity contribution in [1.82, 2.24) is 14.7 Å². The van der Waals surface area contributed by atoms with E-state index in [4.69, 9.17) is 5.73 Å². The summed E-state index contributed by atoms with van der Waals surface area (Å²) in [6.45, 7) is 7.20. The number of benzene rings is 1. The van der Waals surface area contributed by atoms with Gasteiger partial charge < -0.3 is 16.0 Å². The number of piperidine rings is 1. The number of amides is 3. The van der Waals surface area contributed by atoms with E-state index in [1.807, 2.05) is 11.8 Å². The van der Waals surface area contributed by atoms with E-state index in [1.54, 1.807) is 24.3 Å². The van der Waals surface area contributed by atoms with E-state index >= 15 is 0 Å². The number of hydrogen-bond donors (Lipinski definition) is 2. The summed E-state index contributed by atoms with van der Waals surface area (Å²) in [4.78, 5) is 42.4. The Morgan fingerprint density at radius 1 is 0.966 bits per heavy atom. The van der Waals surface area contributed by atoms with Crippen LogP contribution in [-0.2, 0) is 9.59 Å². The summed E-state index contributed by atoms with van der Waals surface area (Å²) in [5.41, 5.74) is 6.28. The largest absolute Gasteiger partial charge is 0.366 e. The highest BCUT2D eigenvalue weighted by Crippen LogP contribution is 2.13. The van der Waals surface area contributed by atoms with Crippen molar-refractivity contribution in [3.05, 3.63) is 29.8 Å². The molecule has 0 spiro atoms. The zero-order valence-electron chi connectivity index (χ0n) is 17.1. The maximum absolute atomic E-state index is 12.6. The monoisotopic (exact) mass is 401 g/mol. The Labute approximate surface area is 172 Å². The van der Waals surface area contributed by atoms with Crippen molar-refractivity contribution in [1.29, 1.82) is 0 Å². The lowest BCUT2D eigenvalue weighted by atomic mass is 10.1. The predicted octanol–water partition coefficient (Wildman–Crippen LogP) is 0.743. The highest BCUT2D eigenvalue weighted by molar-refractivity contribution is 5.96. The molecule has 2 aliphatic rings. The van der Waals surface area contributed by atoms with Crippen LogP contribution in [0.5, 0.6) is 0 Å². The molecule has 0 saturated carbocycles. The van der Waals surface area contributed by atoms with Gasteiger partial charge in [0.25, 0.3) is 0 Å². The van der Waals surface area contributed by atoms with Gasteiger partial charge in [-0.1, -0.05) is 0 Å². The van der Waals surface area contributed by atoms with Gasteiger partial charge in [-0.15, -0.1) is 0 Å². The van der Waals surface area contributed by atoms with Gasteiger partial charge in [-0.3, -0.25) is 24.2 Å². The smallest absolute Gasteiger partial charge is 0.248 e. The molecule has 1 aromatic carbocycles. The van der Waals surface area contributed by atoms with Crippen LogP contribution in [-0.4, -0.2) is 84.3 Å². The van der Waals surface area contributed by atoms with Gasteiger partial charge in [0.05, 0.1) is 12.6 Å². The molecule has 0 aliphatic carbocycles. The zero-order valence-corrected chi connectivity index (χ0v) is 17.1. The number of carbonyl (C=O) groups excluding carboxylic acids is 3. The van der Waals surface area contributed by atoms with Crippen LogP contribution in [0.2, 0.25) is 0 Å². The van der Waals surface area contributed by atoms with Crippen molar-refractivity contribution < 1.29 is 14.4 Å². The fraction of sp³-hybridized carbons (Fsp3) is 0.571. The molecular formula is C21H31N5O3. The number of carbonyl (C=O) groups is 3. The average molecular weight is 402 g/mol. The summed E-state index contributed by atoms with van der Waals surface area (Å²) < 4.78 is 0. The van der Waals surface area contributed by atoms with E-state index < -0.39 is 5.91 Å². The molecule has 3 amide bonds. The number of nitrogens with two attached hydrogens (primary N) is 1. The molecule has 3 rings (SSSR count). The highest BCUT2D eigenvalue weighted by atomic mass is 16.2. The molecule has 2 fully saturated rings. The first-order valence-electron chi connectivity index (χ1n) is 10.4. The van der Waals surface area contributed by atoms with E-state index in [0.717, 1.165) is 52.1 Å². The summed E-state index contributed by atoms with van der Waals surface area (Å²) in [6.07, 6.45) is 3.44. The number of likely N-dealkylation sites (tertiary alicyclic amines) is 1. The van der Waals surface area contributed by atoms with Crippen LogP contribution in [0.15, 0.2) is 24.3 Å². The first-order chi connectivity index (χ1) is 13.9. The number of anilines is 1. The average Bonchev–Trinajstić information content (AvgIpc) is 2.74. The minimum Gasteiger partial charge on any atom is -0.366 e. The van der Waals surface area contributed by atoms with Crippen molar-refractivity contribution in [2.24, 2.45) is 5.73 Å². The maximum Gasteiger partial charge on any atom is 0.248 e. The molecule has 0 radical (unpaired) electrons. The van der Waals surface area contributed by atoms with E-state index in [9.17, 15) is 14.4 Å². The molecule has 1 unspecified atom stereocenters. The van der Waals surface area contributed by atoms with Crippen molar-refractivity contribution in [3.63, 3.8) is 0 Å². The first kappa shape index (κ1) is 21.3. The molecule has 2 heterocycles. The first-order valence-corrected chi connectivity index (χ1v) is 10.4.